The van der Waals surface area contributed by atoms with E-state index in [1.165, 1.54) is 44.9 Å². The Kier molecular flexibility index (Phi) is 7.25. The zero-order valence-electron chi connectivity index (χ0n) is 11.5. The fourth-order valence-corrected chi connectivity index (χ4v) is 2.58. The number of amides is 1. The van der Waals surface area contributed by atoms with Gasteiger partial charge in [-0.1, -0.05) is 32.1 Å². The van der Waals surface area contributed by atoms with Crippen molar-refractivity contribution >= 4 is 5.91 Å². The third-order valence-corrected chi connectivity index (χ3v) is 3.76. The van der Waals surface area contributed by atoms with Crippen LogP contribution in [0.4, 0.5) is 0 Å². The summed E-state index contributed by atoms with van der Waals surface area (Å²) in [5.74, 6) is 0.247. The first-order valence-corrected chi connectivity index (χ1v) is 7.29. The lowest BCUT2D eigenvalue weighted by atomic mass is 9.97. The molecule has 0 atom stereocenters. The predicted molar refractivity (Wildman–Crippen MR) is 72.0 cm³/mol. The zero-order chi connectivity index (χ0) is 12.5. The van der Waals surface area contributed by atoms with Crippen molar-refractivity contribution in [2.75, 3.05) is 19.6 Å². The van der Waals surface area contributed by atoms with E-state index < -0.39 is 0 Å². The molecule has 1 amide bonds. The molecular formula is C14H28N2O. The topological polar surface area (TPSA) is 32.3 Å². The van der Waals surface area contributed by atoms with E-state index in [1.54, 1.807) is 0 Å². The van der Waals surface area contributed by atoms with E-state index in [2.05, 4.69) is 5.32 Å². The first-order chi connectivity index (χ1) is 8.27. The molecule has 0 aromatic heterocycles. The highest BCUT2D eigenvalue weighted by molar-refractivity contribution is 5.78. The maximum Gasteiger partial charge on any atom is 0.236 e. The molecule has 0 heterocycles. The molecule has 1 fully saturated rings. The minimum atomic E-state index is 0.247. The number of nitrogens with zero attached hydrogens (tertiary/aromatic N) is 1. The minimum Gasteiger partial charge on any atom is -0.342 e. The van der Waals surface area contributed by atoms with Gasteiger partial charge in [-0.25, -0.2) is 0 Å². The van der Waals surface area contributed by atoms with Crippen LogP contribution in [0.25, 0.3) is 0 Å². The number of carbonyl (C=O) groups excluding carboxylic acids is 1. The number of rotatable bonds is 5. The Morgan fingerprint density at radius 1 is 1.06 bits per heavy atom. The largest absolute Gasteiger partial charge is 0.342 e. The van der Waals surface area contributed by atoms with Gasteiger partial charge in [-0.15, -0.1) is 0 Å². The Hall–Kier alpha value is -0.570. The van der Waals surface area contributed by atoms with Crippen molar-refractivity contribution in [1.82, 2.24) is 10.2 Å². The highest BCUT2D eigenvalue weighted by Gasteiger charge is 2.14. The fraction of sp³-hybridized carbons (Fsp3) is 0.929. The molecule has 0 bridgehead atoms. The molecule has 1 N–H and O–H groups in total. The lowest BCUT2D eigenvalue weighted by Gasteiger charge is -2.23. The van der Waals surface area contributed by atoms with Crippen LogP contribution in [0.2, 0.25) is 0 Å². The molecular weight excluding hydrogens is 212 g/mol. The van der Waals surface area contributed by atoms with Crippen molar-refractivity contribution in [3.63, 3.8) is 0 Å². The van der Waals surface area contributed by atoms with Gasteiger partial charge >= 0.3 is 0 Å². The van der Waals surface area contributed by atoms with Gasteiger partial charge in [0.25, 0.3) is 0 Å². The summed E-state index contributed by atoms with van der Waals surface area (Å²) < 4.78 is 0. The van der Waals surface area contributed by atoms with E-state index in [4.69, 9.17) is 0 Å². The summed E-state index contributed by atoms with van der Waals surface area (Å²) in [5, 5.41) is 3.45. The van der Waals surface area contributed by atoms with Crippen LogP contribution in [-0.2, 0) is 4.79 Å². The molecule has 0 unspecified atom stereocenters. The normalized spacial score (nSPS) is 18.5. The number of hydrogen-bond acceptors (Lipinski definition) is 2. The van der Waals surface area contributed by atoms with Crippen molar-refractivity contribution in [2.24, 2.45) is 0 Å². The molecule has 3 heteroatoms. The lowest BCUT2D eigenvalue weighted by Crippen LogP contribution is -2.41. The molecule has 17 heavy (non-hydrogen) atoms. The van der Waals surface area contributed by atoms with Crippen molar-refractivity contribution in [1.29, 1.82) is 0 Å². The molecule has 0 aromatic rings. The highest BCUT2D eigenvalue weighted by atomic mass is 16.2. The van der Waals surface area contributed by atoms with Crippen molar-refractivity contribution < 1.29 is 4.79 Å². The van der Waals surface area contributed by atoms with E-state index in [-0.39, 0.29) is 5.91 Å². The lowest BCUT2D eigenvalue weighted by molar-refractivity contribution is -0.130. The first-order valence-electron chi connectivity index (χ1n) is 7.29. The van der Waals surface area contributed by atoms with Gasteiger partial charge in [0.15, 0.2) is 0 Å². The van der Waals surface area contributed by atoms with Gasteiger partial charge in [0.05, 0.1) is 6.54 Å². The molecule has 1 aliphatic carbocycles. The van der Waals surface area contributed by atoms with E-state index in [9.17, 15) is 4.79 Å². The summed E-state index contributed by atoms with van der Waals surface area (Å²) in [6.45, 7) is 6.24. The Morgan fingerprint density at radius 2 is 1.59 bits per heavy atom. The second kappa shape index (κ2) is 8.51. The van der Waals surface area contributed by atoms with Crippen molar-refractivity contribution in [3.05, 3.63) is 0 Å². The molecule has 0 radical (unpaired) electrons. The predicted octanol–water partition coefficient (Wildman–Crippen LogP) is 2.56. The molecule has 1 rings (SSSR count). The molecule has 0 spiro atoms. The van der Waals surface area contributed by atoms with Gasteiger partial charge in [0, 0.05) is 19.1 Å². The van der Waals surface area contributed by atoms with Gasteiger partial charge in [-0.3, -0.25) is 4.79 Å². The van der Waals surface area contributed by atoms with Crippen LogP contribution in [0.1, 0.15) is 58.8 Å². The van der Waals surface area contributed by atoms with Crippen molar-refractivity contribution in [3.8, 4) is 0 Å². The molecule has 0 aromatic carbocycles. The van der Waals surface area contributed by atoms with Crippen LogP contribution >= 0.6 is 0 Å². The van der Waals surface area contributed by atoms with Gasteiger partial charge in [0.2, 0.25) is 5.91 Å². The zero-order valence-corrected chi connectivity index (χ0v) is 11.5. The third kappa shape index (κ3) is 5.53. The fourth-order valence-electron chi connectivity index (χ4n) is 2.58. The molecule has 0 aliphatic heterocycles. The Balaban J connectivity index is 2.25. The summed E-state index contributed by atoms with van der Waals surface area (Å²) in [6.07, 6.45) is 9.24. The summed E-state index contributed by atoms with van der Waals surface area (Å²) in [5.41, 5.74) is 0. The van der Waals surface area contributed by atoms with Crippen LogP contribution < -0.4 is 5.32 Å². The molecule has 1 aliphatic rings. The first kappa shape index (κ1) is 14.5. The monoisotopic (exact) mass is 240 g/mol. The average molecular weight is 240 g/mol. The molecule has 0 saturated heterocycles. The number of carbonyl (C=O) groups is 1. The third-order valence-electron chi connectivity index (χ3n) is 3.76. The van der Waals surface area contributed by atoms with Crippen molar-refractivity contribution in [2.45, 2.75) is 64.8 Å². The second-order valence-corrected chi connectivity index (χ2v) is 4.99. The van der Waals surface area contributed by atoms with Gasteiger partial charge < -0.3 is 10.2 Å². The number of hydrogen-bond donors (Lipinski definition) is 1. The Bertz CT molecular complexity index is 206. The van der Waals surface area contributed by atoms with E-state index >= 15 is 0 Å². The minimum absolute atomic E-state index is 0.247. The summed E-state index contributed by atoms with van der Waals surface area (Å²) in [7, 11) is 0. The highest BCUT2D eigenvalue weighted by Crippen LogP contribution is 2.16. The van der Waals surface area contributed by atoms with E-state index in [0.717, 1.165) is 13.1 Å². The maximum absolute atomic E-state index is 11.9. The summed E-state index contributed by atoms with van der Waals surface area (Å²) in [4.78, 5) is 13.8. The van der Waals surface area contributed by atoms with Crippen LogP contribution in [-0.4, -0.2) is 36.5 Å². The van der Waals surface area contributed by atoms with Crippen LogP contribution in [0.5, 0.6) is 0 Å². The van der Waals surface area contributed by atoms with Crippen LogP contribution in [0.3, 0.4) is 0 Å². The molecule has 1 saturated carbocycles. The van der Waals surface area contributed by atoms with Crippen LogP contribution in [0.15, 0.2) is 0 Å². The van der Waals surface area contributed by atoms with E-state index in [1.807, 2.05) is 18.7 Å². The number of nitrogens with one attached hydrogen (secondary N) is 1. The molecule has 3 nitrogen and oxygen atoms in total. The number of likely N-dealkylation sites (N-methyl/N-ethyl adjacent to an activating group) is 1. The van der Waals surface area contributed by atoms with E-state index in [0.29, 0.717) is 12.6 Å². The summed E-state index contributed by atoms with van der Waals surface area (Å²) in [6, 6.07) is 0.565. The SMILES string of the molecule is CCN(CC)C(=O)CNC1CCCCCCC1. The Labute approximate surface area is 106 Å². The summed E-state index contributed by atoms with van der Waals surface area (Å²) >= 11 is 0. The average Bonchev–Trinajstić information content (AvgIpc) is 2.29. The standard InChI is InChI=1S/C14H28N2O/c1-3-16(4-2)14(17)12-15-13-10-8-6-5-7-9-11-13/h13,15H,3-12H2,1-2H3. The Morgan fingerprint density at radius 3 is 2.12 bits per heavy atom. The van der Waals surface area contributed by atoms with Crippen LogP contribution in [0, 0.1) is 0 Å². The van der Waals surface area contributed by atoms with Gasteiger partial charge in [-0.2, -0.15) is 0 Å². The quantitative estimate of drug-likeness (QED) is 0.801. The second-order valence-electron chi connectivity index (χ2n) is 4.99. The maximum atomic E-state index is 11.9. The van der Waals surface area contributed by atoms with Gasteiger partial charge in [0.1, 0.15) is 0 Å². The molecule has 100 valence electrons. The smallest absolute Gasteiger partial charge is 0.236 e. The van der Waals surface area contributed by atoms with Gasteiger partial charge in [-0.05, 0) is 26.7 Å².